The summed E-state index contributed by atoms with van der Waals surface area (Å²) in [6.45, 7) is 66.3. The van der Waals surface area contributed by atoms with E-state index in [0.29, 0.717) is 102 Å². The Hall–Kier alpha value is 0.491. The third-order valence-electron chi connectivity index (χ3n) is 17.8. The molecule has 4 nitrogen and oxygen atoms in total. The maximum atomic E-state index is 7.24. The van der Waals surface area contributed by atoms with Crippen LogP contribution in [-0.4, -0.2) is 33.3 Å². The van der Waals surface area contributed by atoms with Crippen LogP contribution >= 0.6 is 17.0 Å². The van der Waals surface area contributed by atoms with E-state index >= 15 is 0 Å². The molecule has 2 fully saturated rings. The molecule has 6 unspecified atom stereocenters. The van der Waals surface area contributed by atoms with Crippen LogP contribution < -0.4 is 0 Å². The van der Waals surface area contributed by atoms with Crippen LogP contribution in [0.1, 0.15) is 192 Å². The Balaban J connectivity index is 0.00000123. The van der Waals surface area contributed by atoms with Gasteiger partial charge < -0.3 is 46.4 Å². The van der Waals surface area contributed by atoms with Crippen molar-refractivity contribution < 1.29 is 38.6 Å². The van der Waals surface area contributed by atoms with Gasteiger partial charge in [-0.05, 0) is 104 Å². The number of halogens is 2. The van der Waals surface area contributed by atoms with Gasteiger partial charge in [0.25, 0.3) is 33.3 Å². The van der Waals surface area contributed by atoms with E-state index in [1.165, 1.54) is 35.9 Å². The standard InChI is InChI=1S/2C28H53O2Si2.2CH3.2ClH.Zr/c2*1-18(2)31(19(3)4,20(5)6)29-26-16-17-27(28-24(13)14-15-25(26)28)30-32(21(7)8,22(9)10)23(11)12;;;;;/h2*16-25,28H,13-15H2,1-12H3;2*1H3;2*1H;/q4*-1;;;+2/p-2. The molecule has 69 heavy (non-hydrogen) atoms. The molecule has 0 heterocycles. The molecule has 0 saturated heterocycles. The zero-order valence-corrected chi connectivity index (χ0v) is 57.8. The number of rotatable bonds is 20. The second-order valence-corrected chi connectivity index (χ2v) is 50.2. The van der Waals surface area contributed by atoms with Crippen LogP contribution in [0.25, 0.3) is 0 Å². The first-order valence-corrected chi connectivity index (χ1v) is 42.0. The number of hydrogen-bond donors (Lipinski definition) is 0. The zero-order valence-electron chi connectivity index (χ0n) is 49.8. The van der Waals surface area contributed by atoms with Crippen molar-refractivity contribution in [3.8, 4) is 0 Å². The Labute approximate surface area is 455 Å². The van der Waals surface area contributed by atoms with Crippen LogP contribution in [0.5, 0.6) is 0 Å². The molecule has 0 aromatic carbocycles. The van der Waals surface area contributed by atoms with E-state index in [1.807, 2.05) is 0 Å². The summed E-state index contributed by atoms with van der Waals surface area (Å²) in [6.07, 6.45) is 13.8. The summed E-state index contributed by atoms with van der Waals surface area (Å²) in [5.74, 6) is 7.33. The Morgan fingerprint density at radius 2 is 0.522 bits per heavy atom. The van der Waals surface area contributed by atoms with Crippen molar-refractivity contribution in [2.75, 3.05) is 0 Å². The minimum absolute atomic E-state index is 0. The Kier molecular flexibility index (Phi) is 29.3. The van der Waals surface area contributed by atoms with Gasteiger partial charge in [0.2, 0.25) is 0 Å². The van der Waals surface area contributed by atoms with E-state index in [1.54, 1.807) is 0 Å². The van der Waals surface area contributed by atoms with E-state index in [0.717, 1.165) is 12.8 Å². The Morgan fingerprint density at radius 1 is 0.362 bits per heavy atom. The van der Waals surface area contributed by atoms with E-state index < -0.39 is 54.1 Å². The molecule has 0 radical (unpaired) electrons. The van der Waals surface area contributed by atoms with Crippen LogP contribution in [-0.2, 0) is 38.6 Å². The molecule has 0 aromatic rings. The summed E-state index contributed by atoms with van der Waals surface area (Å²) >= 11 is -0.826. The summed E-state index contributed by atoms with van der Waals surface area (Å²) in [5, 5.41) is 0. The van der Waals surface area contributed by atoms with Gasteiger partial charge in [-0.25, -0.2) is 0 Å². The molecule has 0 spiro atoms. The Bertz CT molecular complexity index is 1440. The monoisotopic (exact) mass is 1140 g/mol. The van der Waals surface area contributed by atoms with Crippen LogP contribution in [0, 0.1) is 64.2 Å². The average molecular weight is 1150 g/mol. The maximum absolute atomic E-state index is 7.24. The van der Waals surface area contributed by atoms with E-state index in [-0.39, 0.29) is 14.9 Å². The fourth-order valence-corrected chi connectivity index (χ4v) is 36.4. The van der Waals surface area contributed by atoms with Crippen LogP contribution in [0.15, 0.2) is 47.3 Å². The zero-order chi connectivity index (χ0) is 51.9. The molecule has 0 aliphatic heterocycles. The SMILES string of the molecule is [CH2-]C1CCC2C(O[Si](C(C)C)(C(C)C)C(C)C)=CC=C(O[Si](C(C)C)(C(C)C)C(C)C)C12.[CH2-]C1CCC2C(O[Si](C(C)C)(C(C)C)C(C)C)=CC=C(O[Si](C(C)C)(C(C)C)C(C)C)C12.[CH3-].[CH3-].[Cl][Zr][Cl]. The third kappa shape index (κ3) is 14.5. The summed E-state index contributed by atoms with van der Waals surface area (Å²) in [4.78, 5) is 0. The number of allylic oxidation sites excluding steroid dienone is 8. The van der Waals surface area contributed by atoms with Gasteiger partial charge in [-0.15, -0.1) is 0 Å². The van der Waals surface area contributed by atoms with Gasteiger partial charge in [0.1, 0.15) is 0 Å². The molecule has 2 saturated carbocycles. The number of hydrogen-bond acceptors (Lipinski definition) is 4. The molecule has 0 bridgehead atoms. The molecule has 11 heteroatoms. The Morgan fingerprint density at radius 3 is 0.696 bits per heavy atom. The van der Waals surface area contributed by atoms with Crippen molar-refractivity contribution in [3.63, 3.8) is 0 Å². The van der Waals surface area contributed by atoms with E-state index in [9.17, 15) is 0 Å². The third-order valence-corrected chi connectivity index (χ3v) is 41.8. The second kappa shape index (κ2) is 29.1. The van der Waals surface area contributed by atoms with Gasteiger partial charge in [-0.3, -0.25) is 0 Å². The molecule has 0 aromatic heterocycles. The van der Waals surface area contributed by atoms with Crippen molar-refractivity contribution >= 4 is 50.3 Å². The summed E-state index contributed by atoms with van der Waals surface area (Å²) in [7, 11) is 1.96. The summed E-state index contributed by atoms with van der Waals surface area (Å²) < 4.78 is 28.9. The quantitative estimate of drug-likeness (QED) is 0.0899. The van der Waals surface area contributed by atoms with Gasteiger partial charge in [0.15, 0.2) is 0 Å². The van der Waals surface area contributed by atoms with Gasteiger partial charge in [0.05, 0.1) is 23.0 Å². The van der Waals surface area contributed by atoms with Gasteiger partial charge in [-0.1, -0.05) is 179 Å². The van der Waals surface area contributed by atoms with Crippen LogP contribution in [0.4, 0.5) is 0 Å². The summed E-state index contributed by atoms with van der Waals surface area (Å²) in [5.41, 5.74) is 7.00. The van der Waals surface area contributed by atoms with Gasteiger partial charge in [-0.2, -0.15) is 11.8 Å². The molecule has 0 N–H and O–H groups in total. The van der Waals surface area contributed by atoms with E-state index in [2.05, 4.69) is 204 Å². The molecule has 0 amide bonds. The van der Waals surface area contributed by atoms with Crippen molar-refractivity contribution in [2.24, 2.45) is 35.5 Å². The fraction of sp³-hybridized carbons (Fsp3) is 0.793. The van der Waals surface area contributed by atoms with E-state index in [4.69, 9.17) is 34.7 Å². The normalized spacial score (nSPS) is 23.1. The number of fused-ring (bicyclic) bond motifs is 2. The average Bonchev–Trinajstić information content (AvgIpc) is 3.79. The molecule has 406 valence electrons. The predicted octanol–water partition coefficient (Wildman–Crippen LogP) is 21.5. The van der Waals surface area contributed by atoms with Crippen LogP contribution in [0.3, 0.4) is 0 Å². The van der Waals surface area contributed by atoms with Crippen molar-refractivity contribution in [1.29, 1.82) is 0 Å². The first-order valence-electron chi connectivity index (χ1n) is 27.1. The first kappa shape index (κ1) is 69.5. The van der Waals surface area contributed by atoms with Crippen molar-refractivity contribution in [1.82, 2.24) is 0 Å². The molecular weight excluding hydrogens is 1040 g/mol. The van der Waals surface area contributed by atoms with Gasteiger partial charge in [0, 0.05) is 23.7 Å². The van der Waals surface area contributed by atoms with Crippen LogP contribution in [0.2, 0.25) is 66.5 Å². The van der Waals surface area contributed by atoms with Crippen molar-refractivity contribution in [2.45, 2.75) is 258 Å². The molecular formula is C58H112Cl2O4Si4Zr-4. The molecule has 4 aliphatic rings. The minimum atomic E-state index is -1.98. The fourth-order valence-electron chi connectivity index (χ4n) is 15.1. The molecule has 4 aliphatic carbocycles. The predicted molar refractivity (Wildman–Crippen MR) is 316 cm³/mol. The second-order valence-electron chi connectivity index (χ2n) is 25.0. The topological polar surface area (TPSA) is 36.9 Å². The van der Waals surface area contributed by atoms with Gasteiger partial charge >= 0.3 is 37.9 Å². The molecule has 4 rings (SSSR count). The first-order chi connectivity index (χ1) is 30.9. The molecule has 6 atom stereocenters. The summed E-state index contributed by atoms with van der Waals surface area (Å²) in [6, 6.07) is 0. The van der Waals surface area contributed by atoms with Crippen molar-refractivity contribution in [3.05, 3.63) is 76.0 Å².